The summed E-state index contributed by atoms with van der Waals surface area (Å²) < 4.78 is 18.4. The molecule has 1 atom stereocenters. The smallest absolute Gasteiger partial charge is 0.383 e. The first-order valence-electron chi connectivity index (χ1n) is 11.0. The lowest BCUT2D eigenvalue weighted by Crippen LogP contribution is -2.19. The number of rotatable bonds is 13. The zero-order valence-electron chi connectivity index (χ0n) is 19.1. The second kappa shape index (κ2) is 12.5. The first kappa shape index (κ1) is 25.6. The lowest BCUT2D eigenvalue weighted by Gasteiger charge is -2.17. The van der Waals surface area contributed by atoms with Crippen molar-refractivity contribution in [2.24, 2.45) is 0 Å². The van der Waals surface area contributed by atoms with Crippen LogP contribution in [-0.4, -0.2) is 45.5 Å². The minimum atomic E-state index is -0.770. The van der Waals surface area contributed by atoms with Gasteiger partial charge in [0, 0.05) is 25.3 Å². The van der Waals surface area contributed by atoms with Crippen LogP contribution in [0.3, 0.4) is 0 Å². The summed E-state index contributed by atoms with van der Waals surface area (Å²) >= 11 is 5.89. The summed E-state index contributed by atoms with van der Waals surface area (Å²) in [5.41, 5.74) is 3.04. The van der Waals surface area contributed by atoms with E-state index in [4.69, 9.17) is 25.8 Å². The Bertz CT molecular complexity index is 1050. The van der Waals surface area contributed by atoms with E-state index in [1.54, 1.807) is 0 Å². The summed E-state index contributed by atoms with van der Waals surface area (Å²) in [4.78, 5) is 13.8. The van der Waals surface area contributed by atoms with Crippen molar-refractivity contribution >= 4 is 17.4 Å². The average Bonchev–Trinajstić information content (AvgIpc) is 3.22. The molecule has 0 radical (unpaired) electrons. The Labute approximate surface area is 203 Å². The van der Waals surface area contributed by atoms with Crippen molar-refractivity contribution in [3.05, 3.63) is 75.7 Å². The van der Waals surface area contributed by atoms with Crippen molar-refractivity contribution < 1.29 is 24.2 Å². The van der Waals surface area contributed by atoms with Crippen LogP contribution < -0.4 is 4.74 Å². The van der Waals surface area contributed by atoms with E-state index >= 15 is 0 Å². The Kier molecular flexibility index (Phi) is 9.41. The molecule has 0 aliphatic carbocycles. The number of aromatic nitrogens is 2. The van der Waals surface area contributed by atoms with Gasteiger partial charge in [-0.2, -0.15) is 0 Å². The second-order valence-corrected chi connectivity index (χ2v) is 7.80. The molecule has 0 bridgehead atoms. The van der Waals surface area contributed by atoms with Gasteiger partial charge in [-0.05, 0) is 65.0 Å². The van der Waals surface area contributed by atoms with Crippen LogP contribution in [0.25, 0.3) is 11.1 Å². The summed E-state index contributed by atoms with van der Waals surface area (Å²) in [6.07, 6.45) is 0.413. The van der Waals surface area contributed by atoms with Crippen LogP contribution in [0.15, 0.2) is 54.7 Å². The van der Waals surface area contributed by atoms with Crippen LogP contribution in [0.2, 0.25) is 5.28 Å². The highest BCUT2D eigenvalue weighted by Crippen LogP contribution is 2.26. The third kappa shape index (κ3) is 7.01. The molecule has 0 fully saturated rings. The summed E-state index contributed by atoms with van der Waals surface area (Å²) in [5.74, 6) is 0.303. The van der Waals surface area contributed by atoms with Crippen molar-refractivity contribution in [2.75, 3.05) is 19.8 Å². The minimum Gasteiger partial charge on any atom is -0.491 e. The van der Waals surface area contributed by atoms with Crippen molar-refractivity contribution in [1.82, 2.24) is 9.55 Å². The molecule has 2 aromatic carbocycles. The summed E-state index contributed by atoms with van der Waals surface area (Å²) in [6, 6.07) is 15.6. The van der Waals surface area contributed by atoms with Crippen LogP contribution in [0.5, 0.6) is 5.75 Å². The molecule has 0 aliphatic heterocycles. The number of benzene rings is 2. The summed E-state index contributed by atoms with van der Waals surface area (Å²) in [7, 11) is 0. The van der Waals surface area contributed by atoms with Crippen LogP contribution in [0.4, 0.5) is 5.82 Å². The highest BCUT2D eigenvalue weighted by Gasteiger charge is 2.17. The quantitative estimate of drug-likeness (QED) is 0.204. The molecule has 34 heavy (non-hydrogen) atoms. The van der Waals surface area contributed by atoms with E-state index in [0.29, 0.717) is 25.4 Å². The summed E-state index contributed by atoms with van der Waals surface area (Å²) in [5, 5.41) is 21.0. The molecule has 3 rings (SSSR count). The number of nitro groups is 1. The van der Waals surface area contributed by atoms with Gasteiger partial charge in [-0.1, -0.05) is 36.4 Å². The van der Waals surface area contributed by atoms with Gasteiger partial charge in [-0.25, -0.2) is 0 Å². The van der Waals surface area contributed by atoms with Gasteiger partial charge in [0.1, 0.15) is 18.6 Å². The SMILES string of the molecule is CCOC(OCC)c1ccc(-c2ccc(OC[C@H](O)CCn3cc([N+](=O)[O-])nc3Cl)cc2)cc1. The molecule has 9 nitrogen and oxygen atoms in total. The lowest BCUT2D eigenvalue weighted by molar-refractivity contribution is -0.389. The maximum absolute atomic E-state index is 10.8. The van der Waals surface area contributed by atoms with E-state index in [-0.39, 0.29) is 30.5 Å². The Morgan fingerprint density at radius 2 is 1.65 bits per heavy atom. The van der Waals surface area contributed by atoms with E-state index in [1.807, 2.05) is 62.4 Å². The van der Waals surface area contributed by atoms with Crippen LogP contribution in [-0.2, 0) is 16.0 Å². The fraction of sp³-hybridized carbons (Fsp3) is 0.375. The van der Waals surface area contributed by atoms with Gasteiger partial charge < -0.3 is 29.4 Å². The van der Waals surface area contributed by atoms with Gasteiger partial charge in [-0.3, -0.25) is 4.57 Å². The molecule has 10 heteroatoms. The maximum atomic E-state index is 10.8. The molecule has 0 saturated carbocycles. The normalized spacial score (nSPS) is 12.1. The zero-order chi connectivity index (χ0) is 24.5. The average molecular weight is 490 g/mol. The number of aliphatic hydroxyl groups is 1. The molecule has 1 aromatic heterocycles. The van der Waals surface area contributed by atoms with Crippen molar-refractivity contribution in [2.45, 2.75) is 39.2 Å². The number of hydrogen-bond donors (Lipinski definition) is 1. The summed E-state index contributed by atoms with van der Waals surface area (Å²) in [6.45, 7) is 5.38. The molecule has 0 aliphatic rings. The molecule has 0 spiro atoms. The predicted octanol–water partition coefficient (Wildman–Crippen LogP) is 5.01. The largest absolute Gasteiger partial charge is 0.491 e. The van der Waals surface area contributed by atoms with E-state index in [1.165, 1.54) is 10.8 Å². The second-order valence-electron chi connectivity index (χ2n) is 7.46. The van der Waals surface area contributed by atoms with Gasteiger partial charge >= 0.3 is 11.1 Å². The van der Waals surface area contributed by atoms with Crippen LogP contribution in [0, 0.1) is 10.1 Å². The van der Waals surface area contributed by atoms with E-state index in [2.05, 4.69) is 4.98 Å². The van der Waals surface area contributed by atoms with Crippen LogP contribution >= 0.6 is 11.6 Å². The molecular weight excluding hydrogens is 462 g/mol. The monoisotopic (exact) mass is 489 g/mol. The van der Waals surface area contributed by atoms with Crippen LogP contribution in [0.1, 0.15) is 32.1 Å². The first-order chi connectivity index (χ1) is 16.4. The van der Waals surface area contributed by atoms with Gasteiger partial charge in [-0.15, -0.1) is 0 Å². The zero-order valence-corrected chi connectivity index (χ0v) is 19.9. The molecule has 0 saturated heterocycles. The molecule has 3 aromatic rings. The highest BCUT2D eigenvalue weighted by molar-refractivity contribution is 6.28. The Morgan fingerprint density at radius 3 is 2.18 bits per heavy atom. The Morgan fingerprint density at radius 1 is 1.06 bits per heavy atom. The number of aliphatic hydroxyl groups excluding tert-OH is 1. The fourth-order valence-electron chi connectivity index (χ4n) is 3.31. The first-order valence-corrected chi connectivity index (χ1v) is 11.4. The van der Waals surface area contributed by atoms with Gasteiger partial charge in [0.15, 0.2) is 6.29 Å². The minimum absolute atomic E-state index is 0.00902. The van der Waals surface area contributed by atoms with Gasteiger partial charge in [0.05, 0.1) is 6.10 Å². The number of hydrogen-bond acceptors (Lipinski definition) is 7. The van der Waals surface area contributed by atoms with Crippen molar-refractivity contribution in [3.63, 3.8) is 0 Å². The number of nitrogens with zero attached hydrogens (tertiary/aromatic N) is 3. The lowest BCUT2D eigenvalue weighted by atomic mass is 10.0. The number of imidazole rings is 1. The van der Waals surface area contributed by atoms with Gasteiger partial charge in [0.25, 0.3) is 0 Å². The predicted molar refractivity (Wildman–Crippen MR) is 128 cm³/mol. The number of halogens is 1. The highest BCUT2D eigenvalue weighted by atomic mass is 35.5. The molecule has 1 heterocycles. The molecule has 0 unspecified atom stereocenters. The van der Waals surface area contributed by atoms with Gasteiger partial charge in [0.2, 0.25) is 0 Å². The van der Waals surface area contributed by atoms with E-state index < -0.39 is 11.0 Å². The third-order valence-electron chi connectivity index (χ3n) is 5.05. The molecular formula is C24H28ClN3O6. The molecule has 182 valence electrons. The fourth-order valence-corrected chi connectivity index (χ4v) is 3.53. The van der Waals surface area contributed by atoms with Crippen molar-refractivity contribution in [3.8, 4) is 16.9 Å². The number of ether oxygens (including phenoxy) is 3. The van der Waals surface area contributed by atoms with E-state index in [0.717, 1.165) is 16.7 Å². The standard InChI is InChI=1S/C24H28ClN3O6/c1-3-32-23(33-4-2)19-7-5-17(6-8-19)18-9-11-21(12-10-18)34-16-20(29)13-14-27-15-22(28(30)31)26-24(27)25/h5-12,15,20,23,29H,3-4,13-14,16H2,1-2H3/t20-/m1/s1. The Hall–Kier alpha value is -2.98. The Balaban J connectivity index is 1.51. The molecule has 0 amide bonds. The topological polar surface area (TPSA) is 109 Å². The maximum Gasteiger partial charge on any atom is 0.383 e. The third-order valence-corrected chi connectivity index (χ3v) is 5.36. The molecule has 1 N–H and O–H groups in total. The van der Waals surface area contributed by atoms with E-state index in [9.17, 15) is 15.2 Å². The number of aryl methyl sites for hydroxylation is 1. The van der Waals surface area contributed by atoms with Crippen molar-refractivity contribution in [1.29, 1.82) is 0 Å².